The number of ether oxygens (including phenoxy) is 1. The molecule has 1 unspecified atom stereocenters. The molecule has 3 N–H and O–H groups in total. The molecule has 1 aliphatic rings. The van der Waals surface area contributed by atoms with E-state index in [4.69, 9.17) is 9.84 Å². The Bertz CT molecular complexity index is 557. The van der Waals surface area contributed by atoms with E-state index >= 15 is 0 Å². The first-order valence-electron chi connectivity index (χ1n) is 5.49. The monoisotopic (exact) mass is 278 g/mol. The van der Waals surface area contributed by atoms with Crippen LogP contribution < -0.4 is 11.2 Å². The molecule has 0 saturated carbocycles. The van der Waals surface area contributed by atoms with Crippen molar-refractivity contribution in [3.63, 3.8) is 0 Å². The highest BCUT2D eigenvalue weighted by Gasteiger charge is 2.49. The van der Waals surface area contributed by atoms with Crippen molar-refractivity contribution < 1.29 is 23.7 Å². The summed E-state index contributed by atoms with van der Waals surface area (Å²) in [5.74, 6) is -1.60. The van der Waals surface area contributed by atoms with Gasteiger partial charge in [-0.3, -0.25) is 14.3 Å². The summed E-state index contributed by atoms with van der Waals surface area (Å²) in [4.78, 5) is 24.3. The SMILES string of the molecule is O=c1ccn([C@@H]2OC(CO)[C@@H](C(F)F)[C@H]2O)c(=O)[nH]1. The lowest BCUT2D eigenvalue weighted by Crippen LogP contribution is -2.37. The molecule has 2 rings (SSSR count). The second kappa shape index (κ2) is 5.19. The van der Waals surface area contributed by atoms with Gasteiger partial charge < -0.3 is 14.9 Å². The number of nitrogens with zero attached hydrogens (tertiary/aromatic N) is 1. The topological polar surface area (TPSA) is 105 Å². The summed E-state index contributed by atoms with van der Waals surface area (Å²) in [5, 5.41) is 18.8. The molecule has 4 atom stereocenters. The summed E-state index contributed by atoms with van der Waals surface area (Å²) in [6.07, 6.45) is -6.19. The number of hydrogen-bond donors (Lipinski definition) is 3. The Morgan fingerprint density at radius 1 is 1.47 bits per heavy atom. The molecule has 19 heavy (non-hydrogen) atoms. The highest BCUT2D eigenvalue weighted by Crippen LogP contribution is 2.36. The molecule has 9 heteroatoms. The van der Waals surface area contributed by atoms with Gasteiger partial charge in [0.05, 0.1) is 18.6 Å². The van der Waals surface area contributed by atoms with Crippen molar-refractivity contribution in [2.24, 2.45) is 5.92 Å². The second-order valence-electron chi connectivity index (χ2n) is 4.17. The van der Waals surface area contributed by atoms with E-state index in [0.717, 1.165) is 16.8 Å². The number of aliphatic hydroxyl groups is 2. The number of hydrogen-bond acceptors (Lipinski definition) is 5. The van der Waals surface area contributed by atoms with Gasteiger partial charge >= 0.3 is 5.69 Å². The van der Waals surface area contributed by atoms with Crippen LogP contribution in [-0.4, -0.2) is 45.0 Å². The Hall–Kier alpha value is -1.58. The van der Waals surface area contributed by atoms with Crippen LogP contribution in [0.3, 0.4) is 0 Å². The number of halogens is 2. The molecule has 1 fully saturated rings. The fraction of sp³-hybridized carbons (Fsp3) is 0.600. The largest absolute Gasteiger partial charge is 0.394 e. The molecule has 1 saturated heterocycles. The lowest BCUT2D eigenvalue weighted by molar-refractivity contribution is -0.0560. The second-order valence-corrected chi connectivity index (χ2v) is 4.17. The zero-order chi connectivity index (χ0) is 14.2. The van der Waals surface area contributed by atoms with Crippen LogP contribution in [0.25, 0.3) is 0 Å². The first-order chi connectivity index (χ1) is 8.95. The smallest absolute Gasteiger partial charge is 0.330 e. The number of H-pyrrole nitrogens is 1. The van der Waals surface area contributed by atoms with E-state index in [1.807, 2.05) is 4.98 Å². The molecule has 0 radical (unpaired) electrons. The molecule has 0 bridgehead atoms. The molecule has 0 aromatic carbocycles. The maximum absolute atomic E-state index is 12.8. The van der Waals surface area contributed by atoms with Gasteiger partial charge in [0.15, 0.2) is 6.23 Å². The maximum Gasteiger partial charge on any atom is 0.330 e. The zero-order valence-corrected chi connectivity index (χ0v) is 9.57. The Labute approximate surface area is 105 Å². The van der Waals surface area contributed by atoms with Crippen LogP contribution in [0.4, 0.5) is 8.78 Å². The van der Waals surface area contributed by atoms with E-state index in [9.17, 15) is 23.5 Å². The summed E-state index contributed by atoms with van der Waals surface area (Å²) in [5.41, 5.74) is -1.54. The van der Waals surface area contributed by atoms with Crippen LogP contribution in [0.15, 0.2) is 21.9 Å². The van der Waals surface area contributed by atoms with Crippen LogP contribution in [0.2, 0.25) is 0 Å². The van der Waals surface area contributed by atoms with E-state index in [2.05, 4.69) is 0 Å². The third kappa shape index (κ3) is 2.44. The van der Waals surface area contributed by atoms with Gasteiger partial charge in [0.2, 0.25) is 6.43 Å². The Morgan fingerprint density at radius 3 is 2.63 bits per heavy atom. The molecule has 0 aliphatic carbocycles. The van der Waals surface area contributed by atoms with Gasteiger partial charge in [-0.1, -0.05) is 0 Å². The Kier molecular flexibility index (Phi) is 3.78. The number of alkyl halides is 2. The molecule has 1 aliphatic heterocycles. The fourth-order valence-corrected chi connectivity index (χ4v) is 2.09. The summed E-state index contributed by atoms with van der Waals surface area (Å²) in [6.45, 7) is -0.708. The predicted molar refractivity (Wildman–Crippen MR) is 57.8 cm³/mol. The van der Waals surface area contributed by atoms with Gasteiger partial charge in [0.1, 0.15) is 6.10 Å². The summed E-state index contributed by atoms with van der Waals surface area (Å²) in [7, 11) is 0. The summed E-state index contributed by atoms with van der Waals surface area (Å²) in [6, 6.07) is 1.00. The van der Waals surface area contributed by atoms with Gasteiger partial charge in [0.25, 0.3) is 5.56 Å². The van der Waals surface area contributed by atoms with E-state index in [0.29, 0.717) is 0 Å². The fourth-order valence-electron chi connectivity index (χ4n) is 2.09. The van der Waals surface area contributed by atoms with Crippen molar-refractivity contribution in [1.29, 1.82) is 0 Å². The van der Waals surface area contributed by atoms with Gasteiger partial charge in [-0.2, -0.15) is 0 Å². The van der Waals surface area contributed by atoms with Crippen molar-refractivity contribution in [2.75, 3.05) is 6.61 Å². The molecule has 7 nitrogen and oxygen atoms in total. The zero-order valence-electron chi connectivity index (χ0n) is 9.57. The minimum atomic E-state index is -2.91. The van der Waals surface area contributed by atoms with Gasteiger partial charge in [0, 0.05) is 12.3 Å². The van der Waals surface area contributed by atoms with E-state index in [-0.39, 0.29) is 0 Å². The normalized spacial score (nSPS) is 31.0. The minimum Gasteiger partial charge on any atom is -0.394 e. The van der Waals surface area contributed by atoms with Gasteiger partial charge in [-0.05, 0) is 0 Å². The number of rotatable bonds is 3. The lowest BCUT2D eigenvalue weighted by atomic mass is 9.99. The average molecular weight is 278 g/mol. The predicted octanol–water partition coefficient (Wildman–Crippen LogP) is -1.33. The molecule has 1 aromatic heterocycles. The van der Waals surface area contributed by atoms with E-state index in [1.54, 1.807) is 0 Å². The Balaban J connectivity index is 2.36. The van der Waals surface area contributed by atoms with Crippen molar-refractivity contribution in [2.45, 2.75) is 24.9 Å². The third-order valence-electron chi connectivity index (χ3n) is 3.03. The molecular weight excluding hydrogens is 266 g/mol. The summed E-state index contributed by atoms with van der Waals surface area (Å²) < 4.78 is 31.4. The summed E-state index contributed by atoms with van der Waals surface area (Å²) >= 11 is 0. The van der Waals surface area contributed by atoms with Crippen LogP contribution in [-0.2, 0) is 4.74 Å². The molecule has 0 spiro atoms. The molecule has 2 heterocycles. The molecular formula is C10H12F2N2O5. The van der Waals surface area contributed by atoms with Gasteiger partial charge in [-0.15, -0.1) is 0 Å². The number of aliphatic hydroxyl groups excluding tert-OH is 2. The standard InChI is InChI=1S/C10H12F2N2O5/c11-8(12)6-4(3-15)19-9(7(6)17)14-2-1-5(16)13-10(14)18/h1-2,4,6-9,15,17H,3H2,(H,13,16,18)/t4?,6-,7-,9-/m1/s1. The highest BCUT2D eigenvalue weighted by atomic mass is 19.3. The first-order valence-corrected chi connectivity index (χ1v) is 5.49. The maximum atomic E-state index is 12.8. The third-order valence-corrected chi connectivity index (χ3v) is 3.03. The molecule has 1 aromatic rings. The van der Waals surface area contributed by atoms with Crippen molar-refractivity contribution >= 4 is 0 Å². The van der Waals surface area contributed by atoms with Crippen LogP contribution in [0.1, 0.15) is 6.23 Å². The quantitative estimate of drug-likeness (QED) is 0.635. The highest BCUT2D eigenvalue weighted by molar-refractivity contribution is 4.93. The number of aromatic amines is 1. The molecule has 0 amide bonds. The van der Waals surface area contributed by atoms with Crippen LogP contribution in [0, 0.1) is 5.92 Å². The first kappa shape index (κ1) is 13.8. The van der Waals surface area contributed by atoms with Crippen LogP contribution in [0.5, 0.6) is 0 Å². The lowest BCUT2D eigenvalue weighted by Gasteiger charge is -2.18. The van der Waals surface area contributed by atoms with E-state index < -0.39 is 48.6 Å². The van der Waals surface area contributed by atoms with E-state index in [1.165, 1.54) is 0 Å². The van der Waals surface area contributed by atoms with Crippen molar-refractivity contribution in [3.05, 3.63) is 33.1 Å². The number of nitrogens with one attached hydrogen (secondary N) is 1. The van der Waals surface area contributed by atoms with Crippen LogP contribution >= 0.6 is 0 Å². The van der Waals surface area contributed by atoms with Gasteiger partial charge in [-0.25, -0.2) is 13.6 Å². The Morgan fingerprint density at radius 2 is 2.16 bits per heavy atom. The average Bonchev–Trinajstić information content (AvgIpc) is 2.66. The van der Waals surface area contributed by atoms with Crippen molar-refractivity contribution in [3.8, 4) is 0 Å². The minimum absolute atomic E-state index is 0.655. The van der Waals surface area contributed by atoms with Crippen molar-refractivity contribution in [1.82, 2.24) is 9.55 Å². The number of aromatic nitrogens is 2. The molecule has 106 valence electrons.